The minimum Gasteiger partial charge on any atom is -0.497 e. The summed E-state index contributed by atoms with van der Waals surface area (Å²) in [5, 5.41) is 1.22. The lowest BCUT2D eigenvalue weighted by Crippen LogP contribution is -2.28. The molecule has 134 valence electrons. The van der Waals surface area contributed by atoms with Gasteiger partial charge in [-0.25, -0.2) is 8.42 Å². The van der Waals surface area contributed by atoms with Crippen LogP contribution in [0.15, 0.2) is 60.0 Å². The number of benzene rings is 2. The highest BCUT2D eigenvalue weighted by Gasteiger charge is 2.20. The Hall–Kier alpha value is -2.31. The van der Waals surface area contributed by atoms with Gasteiger partial charge in [0.15, 0.2) is 0 Å². The van der Waals surface area contributed by atoms with Crippen LogP contribution in [0.2, 0.25) is 0 Å². The number of ether oxygens (including phenoxy) is 2. The molecule has 0 spiro atoms. The van der Waals surface area contributed by atoms with Gasteiger partial charge in [0.05, 0.1) is 14.2 Å². The van der Waals surface area contributed by atoms with Gasteiger partial charge in [0.1, 0.15) is 11.5 Å². The van der Waals surface area contributed by atoms with Gasteiger partial charge in [-0.2, -0.15) is 4.31 Å². The first kappa shape index (κ1) is 19.0. The third-order valence-corrected chi connectivity index (χ3v) is 5.30. The Morgan fingerprint density at radius 3 is 1.56 bits per heavy atom. The quantitative estimate of drug-likeness (QED) is 0.721. The fourth-order valence-electron chi connectivity index (χ4n) is 2.36. The second kappa shape index (κ2) is 8.69. The Kier molecular flexibility index (Phi) is 6.61. The van der Waals surface area contributed by atoms with Crippen LogP contribution in [0.25, 0.3) is 0 Å². The molecule has 0 fully saturated rings. The second-order valence-electron chi connectivity index (χ2n) is 5.48. The minimum absolute atomic E-state index is 0.280. The Balaban J connectivity index is 2.25. The monoisotopic (exact) mass is 361 g/mol. The zero-order valence-corrected chi connectivity index (χ0v) is 15.5. The van der Waals surface area contributed by atoms with Crippen LogP contribution in [0.4, 0.5) is 0 Å². The highest BCUT2D eigenvalue weighted by atomic mass is 32.2. The Labute approximate surface area is 149 Å². The Bertz CT molecular complexity index is 747. The first-order valence-corrected chi connectivity index (χ1v) is 9.37. The van der Waals surface area contributed by atoms with Gasteiger partial charge < -0.3 is 9.47 Å². The van der Waals surface area contributed by atoms with E-state index in [0.717, 1.165) is 22.6 Å². The van der Waals surface area contributed by atoms with E-state index in [1.807, 2.05) is 48.5 Å². The summed E-state index contributed by atoms with van der Waals surface area (Å²) in [4.78, 5) is 0. The molecule has 0 aliphatic heterocycles. The molecule has 0 saturated heterocycles. The predicted octanol–water partition coefficient (Wildman–Crippen LogP) is 3.57. The fraction of sp³-hybridized carbons (Fsp3) is 0.263. The molecule has 0 saturated carbocycles. The van der Waals surface area contributed by atoms with Gasteiger partial charge in [0, 0.05) is 18.5 Å². The topological polar surface area (TPSA) is 55.8 Å². The summed E-state index contributed by atoms with van der Waals surface area (Å²) < 4.78 is 36.9. The van der Waals surface area contributed by atoms with Gasteiger partial charge in [-0.05, 0) is 42.3 Å². The minimum atomic E-state index is -3.51. The molecule has 0 unspecified atom stereocenters. The first-order valence-electron chi connectivity index (χ1n) is 7.87. The number of sulfonamides is 1. The maximum Gasteiger partial charge on any atom is 0.236 e. The summed E-state index contributed by atoms with van der Waals surface area (Å²) >= 11 is 0. The van der Waals surface area contributed by atoms with Crippen molar-refractivity contribution in [2.24, 2.45) is 0 Å². The molecular formula is C19H23NO4S. The van der Waals surface area contributed by atoms with E-state index in [1.54, 1.807) is 21.1 Å². The zero-order chi connectivity index (χ0) is 18.3. The van der Waals surface area contributed by atoms with E-state index >= 15 is 0 Å². The third-order valence-electron chi connectivity index (χ3n) is 3.70. The molecule has 0 aromatic heterocycles. The molecule has 0 N–H and O–H groups in total. The van der Waals surface area contributed by atoms with Crippen molar-refractivity contribution in [2.45, 2.75) is 20.0 Å². The number of nitrogens with zero attached hydrogens (tertiary/aromatic N) is 1. The van der Waals surface area contributed by atoms with E-state index in [9.17, 15) is 8.42 Å². The smallest absolute Gasteiger partial charge is 0.236 e. The molecule has 2 aromatic carbocycles. The van der Waals surface area contributed by atoms with E-state index in [-0.39, 0.29) is 13.1 Å². The molecule has 25 heavy (non-hydrogen) atoms. The molecule has 0 amide bonds. The summed E-state index contributed by atoms with van der Waals surface area (Å²) in [5.41, 5.74) is 1.78. The highest BCUT2D eigenvalue weighted by molar-refractivity contribution is 7.92. The SMILES string of the molecule is CC=CS(=O)(=O)N(Cc1ccc(OC)cc1)Cc1ccc(OC)cc1. The fourth-order valence-corrected chi connectivity index (χ4v) is 3.54. The van der Waals surface area contributed by atoms with E-state index in [2.05, 4.69) is 0 Å². The lowest BCUT2D eigenvalue weighted by molar-refractivity contribution is 0.402. The first-order chi connectivity index (χ1) is 12.0. The lowest BCUT2D eigenvalue weighted by atomic mass is 10.2. The molecular weight excluding hydrogens is 338 g/mol. The van der Waals surface area contributed by atoms with Gasteiger partial charge in [-0.3, -0.25) is 0 Å². The molecule has 0 radical (unpaired) electrons. The summed E-state index contributed by atoms with van der Waals surface area (Å²) in [7, 11) is -0.313. The average Bonchev–Trinajstić information content (AvgIpc) is 2.62. The van der Waals surface area contributed by atoms with Crippen LogP contribution in [0, 0.1) is 0 Å². The summed E-state index contributed by atoms with van der Waals surface area (Å²) in [6, 6.07) is 14.8. The summed E-state index contributed by atoms with van der Waals surface area (Å²) in [6.45, 7) is 2.25. The standard InChI is InChI=1S/C19H23NO4S/c1-4-13-25(21,22)20(14-16-5-9-18(23-2)10-6-16)15-17-7-11-19(24-3)12-8-17/h4-13H,14-15H2,1-3H3. The molecule has 2 aromatic rings. The van der Waals surface area contributed by atoms with Crippen LogP contribution < -0.4 is 9.47 Å². The van der Waals surface area contributed by atoms with Gasteiger partial charge in [0.25, 0.3) is 0 Å². The van der Waals surface area contributed by atoms with Gasteiger partial charge in [-0.1, -0.05) is 30.3 Å². The normalized spacial score (nSPS) is 11.8. The molecule has 6 heteroatoms. The Morgan fingerprint density at radius 1 is 0.840 bits per heavy atom. The van der Waals surface area contributed by atoms with E-state index < -0.39 is 10.0 Å². The maximum atomic E-state index is 12.6. The molecule has 0 atom stereocenters. The van der Waals surface area contributed by atoms with Crippen LogP contribution in [0.3, 0.4) is 0 Å². The second-order valence-corrected chi connectivity index (χ2v) is 7.30. The van der Waals surface area contributed by atoms with Gasteiger partial charge in [0.2, 0.25) is 10.0 Å². The molecule has 0 aliphatic carbocycles. The average molecular weight is 361 g/mol. The van der Waals surface area contributed by atoms with Crippen molar-refractivity contribution in [2.75, 3.05) is 14.2 Å². The molecule has 5 nitrogen and oxygen atoms in total. The number of hydrogen-bond acceptors (Lipinski definition) is 4. The molecule has 0 bridgehead atoms. The highest BCUT2D eigenvalue weighted by Crippen LogP contribution is 2.19. The van der Waals surface area contributed by atoms with Crippen molar-refractivity contribution in [1.82, 2.24) is 4.31 Å². The van der Waals surface area contributed by atoms with Crippen molar-refractivity contribution in [3.63, 3.8) is 0 Å². The number of methoxy groups -OCH3 is 2. The van der Waals surface area contributed by atoms with E-state index in [4.69, 9.17) is 9.47 Å². The van der Waals surface area contributed by atoms with Crippen molar-refractivity contribution >= 4 is 10.0 Å². The number of hydrogen-bond donors (Lipinski definition) is 0. The Morgan fingerprint density at radius 2 is 1.24 bits per heavy atom. The number of allylic oxidation sites excluding steroid dienone is 1. The van der Waals surface area contributed by atoms with E-state index in [1.165, 1.54) is 15.8 Å². The molecule has 0 aliphatic rings. The third kappa shape index (κ3) is 5.34. The van der Waals surface area contributed by atoms with Crippen LogP contribution >= 0.6 is 0 Å². The van der Waals surface area contributed by atoms with Crippen LogP contribution in [0.5, 0.6) is 11.5 Å². The summed E-state index contributed by atoms with van der Waals surface area (Å²) in [6.07, 6.45) is 1.53. The van der Waals surface area contributed by atoms with Crippen molar-refractivity contribution in [3.05, 3.63) is 71.1 Å². The molecule has 2 rings (SSSR count). The van der Waals surface area contributed by atoms with Gasteiger partial charge >= 0.3 is 0 Å². The zero-order valence-electron chi connectivity index (χ0n) is 14.7. The van der Waals surface area contributed by atoms with Crippen molar-refractivity contribution in [1.29, 1.82) is 0 Å². The van der Waals surface area contributed by atoms with Crippen molar-refractivity contribution in [3.8, 4) is 11.5 Å². The van der Waals surface area contributed by atoms with Crippen LogP contribution in [-0.2, 0) is 23.1 Å². The largest absolute Gasteiger partial charge is 0.497 e. The van der Waals surface area contributed by atoms with E-state index in [0.29, 0.717) is 0 Å². The predicted molar refractivity (Wildman–Crippen MR) is 99.0 cm³/mol. The maximum absolute atomic E-state index is 12.6. The summed E-state index contributed by atoms with van der Waals surface area (Å²) in [5.74, 6) is 1.48. The number of rotatable bonds is 8. The lowest BCUT2D eigenvalue weighted by Gasteiger charge is -2.21. The van der Waals surface area contributed by atoms with Crippen molar-refractivity contribution < 1.29 is 17.9 Å². The molecule has 0 heterocycles. The van der Waals surface area contributed by atoms with Crippen LogP contribution in [0.1, 0.15) is 18.1 Å². The van der Waals surface area contributed by atoms with Crippen LogP contribution in [-0.4, -0.2) is 26.9 Å². The van der Waals surface area contributed by atoms with Gasteiger partial charge in [-0.15, -0.1) is 0 Å².